The van der Waals surface area contributed by atoms with Crippen molar-refractivity contribution in [2.24, 2.45) is 0 Å². The Balaban J connectivity index is 2.82. The average molecular weight is 246 g/mol. The van der Waals surface area contributed by atoms with Crippen molar-refractivity contribution in [2.45, 2.75) is 13.0 Å². The summed E-state index contributed by atoms with van der Waals surface area (Å²) >= 11 is 5.63. The van der Waals surface area contributed by atoms with Gasteiger partial charge in [0.2, 0.25) is 5.82 Å². The summed E-state index contributed by atoms with van der Waals surface area (Å²) < 4.78 is 5.01. The number of hydrogen-bond acceptors (Lipinski definition) is 5. The maximum absolute atomic E-state index is 10.7. The van der Waals surface area contributed by atoms with Gasteiger partial charge in [0.15, 0.2) is 0 Å². The maximum atomic E-state index is 10.7. The van der Waals surface area contributed by atoms with Crippen molar-refractivity contribution in [1.82, 2.24) is 4.98 Å². The van der Waals surface area contributed by atoms with Gasteiger partial charge in [-0.1, -0.05) is 11.6 Å². The van der Waals surface area contributed by atoms with E-state index in [1.165, 1.54) is 12.3 Å². The molecule has 0 radical (unpaired) electrons. The molecule has 1 aromatic heterocycles. The molecule has 0 aliphatic heterocycles. The molecule has 6 nitrogen and oxygen atoms in total. The van der Waals surface area contributed by atoms with Crippen molar-refractivity contribution in [2.75, 3.05) is 19.0 Å². The van der Waals surface area contributed by atoms with E-state index in [0.717, 1.165) is 0 Å². The van der Waals surface area contributed by atoms with Gasteiger partial charge in [-0.15, -0.1) is 0 Å². The van der Waals surface area contributed by atoms with E-state index in [1.54, 1.807) is 7.11 Å². The molecule has 0 fully saturated rings. The summed E-state index contributed by atoms with van der Waals surface area (Å²) in [5.74, 6) is 0.193. The first-order valence-corrected chi connectivity index (χ1v) is 4.99. The summed E-state index contributed by atoms with van der Waals surface area (Å²) in [4.78, 5) is 14.1. The number of anilines is 1. The maximum Gasteiger partial charge on any atom is 0.312 e. The molecule has 16 heavy (non-hydrogen) atoms. The zero-order valence-corrected chi connectivity index (χ0v) is 9.69. The van der Waals surface area contributed by atoms with Crippen molar-refractivity contribution >= 4 is 23.1 Å². The highest BCUT2D eigenvalue weighted by Crippen LogP contribution is 2.24. The fourth-order valence-corrected chi connectivity index (χ4v) is 1.18. The van der Waals surface area contributed by atoms with Crippen LogP contribution in [-0.2, 0) is 4.74 Å². The Labute approximate surface area is 97.7 Å². The zero-order chi connectivity index (χ0) is 12.1. The Morgan fingerprint density at radius 3 is 3.00 bits per heavy atom. The zero-order valence-electron chi connectivity index (χ0n) is 8.94. The van der Waals surface area contributed by atoms with Gasteiger partial charge in [0.1, 0.15) is 0 Å². The Morgan fingerprint density at radius 2 is 2.44 bits per heavy atom. The van der Waals surface area contributed by atoms with Crippen molar-refractivity contribution in [1.29, 1.82) is 0 Å². The molecule has 0 bridgehead atoms. The van der Waals surface area contributed by atoms with Crippen LogP contribution in [0.1, 0.15) is 6.92 Å². The second-order valence-electron chi connectivity index (χ2n) is 3.21. The van der Waals surface area contributed by atoms with Gasteiger partial charge in [0, 0.05) is 25.9 Å². The van der Waals surface area contributed by atoms with Gasteiger partial charge in [0.25, 0.3) is 0 Å². The third-order valence-corrected chi connectivity index (χ3v) is 2.20. The normalized spacial score (nSPS) is 12.2. The minimum absolute atomic E-state index is 0.0583. The smallest absolute Gasteiger partial charge is 0.312 e. The van der Waals surface area contributed by atoms with Gasteiger partial charge < -0.3 is 10.1 Å². The number of methoxy groups -OCH3 is 1. The first kappa shape index (κ1) is 12.7. The number of hydrogen-bond donors (Lipinski definition) is 1. The van der Waals surface area contributed by atoms with Gasteiger partial charge in [-0.3, -0.25) is 10.1 Å². The van der Waals surface area contributed by atoms with Crippen LogP contribution in [0.4, 0.5) is 11.5 Å². The molecule has 0 amide bonds. The first-order valence-electron chi connectivity index (χ1n) is 4.61. The number of nitrogens with one attached hydrogen (secondary N) is 1. The minimum atomic E-state index is -0.529. The number of pyridine rings is 1. The molecule has 1 atom stereocenters. The van der Waals surface area contributed by atoms with Crippen LogP contribution in [0.25, 0.3) is 0 Å². The molecule has 7 heteroatoms. The topological polar surface area (TPSA) is 77.3 Å². The summed E-state index contributed by atoms with van der Waals surface area (Å²) in [7, 11) is 1.57. The molecule has 1 heterocycles. The predicted octanol–water partition coefficient (Wildman–Crippen LogP) is 2.09. The summed E-state index contributed by atoms with van der Waals surface area (Å²) in [6.45, 7) is 2.28. The average Bonchev–Trinajstić information content (AvgIpc) is 2.26. The van der Waals surface area contributed by atoms with Gasteiger partial charge in [0.05, 0.1) is 16.0 Å². The SMILES string of the molecule is COC(C)CNc1ncc(Cl)cc1[N+](=O)[O-]. The largest absolute Gasteiger partial charge is 0.380 e. The molecule has 1 rings (SSSR count). The number of halogens is 1. The van der Waals surface area contributed by atoms with Gasteiger partial charge in [-0.25, -0.2) is 4.98 Å². The lowest BCUT2D eigenvalue weighted by Crippen LogP contribution is -2.19. The monoisotopic (exact) mass is 245 g/mol. The Kier molecular flexibility index (Phi) is 4.45. The molecular weight excluding hydrogens is 234 g/mol. The van der Waals surface area contributed by atoms with Crippen LogP contribution in [-0.4, -0.2) is 29.7 Å². The fraction of sp³-hybridized carbons (Fsp3) is 0.444. The molecule has 0 saturated carbocycles. The lowest BCUT2D eigenvalue weighted by Gasteiger charge is -2.11. The minimum Gasteiger partial charge on any atom is -0.380 e. The lowest BCUT2D eigenvalue weighted by molar-refractivity contribution is -0.384. The van der Waals surface area contributed by atoms with E-state index in [9.17, 15) is 10.1 Å². The summed E-state index contributed by atoms with van der Waals surface area (Å²) in [6.07, 6.45) is 1.30. The Hall–Kier alpha value is -1.40. The predicted molar refractivity (Wildman–Crippen MR) is 60.9 cm³/mol. The van der Waals surface area contributed by atoms with Crippen LogP contribution in [0.3, 0.4) is 0 Å². The van der Waals surface area contributed by atoms with E-state index in [0.29, 0.717) is 6.54 Å². The van der Waals surface area contributed by atoms with E-state index < -0.39 is 4.92 Å². The van der Waals surface area contributed by atoms with Gasteiger partial charge in [-0.05, 0) is 6.92 Å². The molecule has 1 aromatic rings. The van der Waals surface area contributed by atoms with Crippen LogP contribution >= 0.6 is 11.6 Å². The molecular formula is C9H12ClN3O3. The van der Waals surface area contributed by atoms with Crippen molar-refractivity contribution < 1.29 is 9.66 Å². The lowest BCUT2D eigenvalue weighted by atomic mass is 10.3. The van der Waals surface area contributed by atoms with Crippen molar-refractivity contribution in [3.63, 3.8) is 0 Å². The van der Waals surface area contributed by atoms with E-state index >= 15 is 0 Å². The van der Waals surface area contributed by atoms with Gasteiger partial charge >= 0.3 is 5.69 Å². The molecule has 0 aromatic carbocycles. The first-order chi connectivity index (χ1) is 7.54. The Morgan fingerprint density at radius 1 is 1.75 bits per heavy atom. The molecule has 88 valence electrons. The molecule has 0 aliphatic carbocycles. The molecule has 1 N–H and O–H groups in total. The highest BCUT2D eigenvalue weighted by atomic mass is 35.5. The molecule has 0 saturated heterocycles. The third kappa shape index (κ3) is 3.32. The molecule has 0 aliphatic rings. The number of rotatable bonds is 5. The van der Waals surface area contributed by atoms with E-state index in [4.69, 9.17) is 16.3 Å². The van der Waals surface area contributed by atoms with Crippen LogP contribution in [0.2, 0.25) is 5.02 Å². The highest BCUT2D eigenvalue weighted by molar-refractivity contribution is 6.30. The van der Waals surface area contributed by atoms with Crippen LogP contribution in [0, 0.1) is 10.1 Å². The van der Waals surface area contributed by atoms with E-state index in [-0.39, 0.29) is 22.6 Å². The van der Waals surface area contributed by atoms with Crippen molar-refractivity contribution in [3.05, 3.63) is 27.4 Å². The molecule has 0 spiro atoms. The number of ether oxygens (including phenoxy) is 1. The van der Waals surface area contributed by atoms with Crippen molar-refractivity contribution in [3.8, 4) is 0 Å². The van der Waals surface area contributed by atoms with Crippen LogP contribution in [0.5, 0.6) is 0 Å². The van der Waals surface area contributed by atoms with E-state index in [2.05, 4.69) is 10.3 Å². The quantitative estimate of drug-likeness (QED) is 0.635. The summed E-state index contributed by atoms with van der Waals surface area (Å²) in [5, 5.41) is 13.8. The van der Waals surface area contributed by atoms with Crippen LogP contribution in [0.15, 0.2) is 12.3 Å². The van der Waals surface area contributed by atoms with Crippen LogP contribution < -0.4 is 5.32 Å². The second-order valence-corrected chi connectivity index (χ2v) is 3.64. The molecule has 1 unspecified atom stereocenters. The summed E-state index contributed by atoms with van der Waals surface area (Å²) in [5.41, 5.74) is -0.143. The number of aromatic nitrogens is 1. The third-order valence-electron chi connectivity index (χ3n) is 1.99. The number of nitrogens with zero attached hydrogens (tertiary/aromatic N) is 2. The second kappa shape index (κ2) is 5.62. The highest BCUT2D eigenvalue weighted by Gasteiger charge is 2.16. The Bertz CT molecular complexity index is 386. The fourth-order valence-electron chi connectivity index (χ4n) is 1.03. The van der Waals surface area contributed by atoms with Gasteiger partial charge in [-0.2, -0.15) is 0 Å². The standard InChI is InChI=1S/C9H12ClN3O3/c1-6(16-2)4-11-9-8(13(14)15)3-7(10)5-12-9/h3,5-6H,4H2,1-2H3,(H,11,12). The number of nitro groups is 1. The van der Waals surface area contributed by atoms with E-state index in [1.807, 2.05) is 6.92 Å². The summed E-state index contributed by atoms with van der Waals surface area (Å²) in [6, 6.07) is 1.26.